The molecule has 0 unspecified atom stereocenters. The molecular weight excluding hydrogens is 577 g/mol. The molecule has 0 saturated carbocycles. The zero-order valence-corrected chi connectivity index (χ0v) is 23.3. The van der Waals surface area contributed by atoms with E-state index in [2.05, 4.69) is 0 Å². The fourth-order valence-corrected chi connectivity index (χ4v) is 7.29. The van der Waals surface area contributed by atoms with Crippen molar-refractivity contribution in [3.8, 4) is 0 Å². The number of hydrazine groups is 1. The highest BCUT2D eigenvalue weighted by Crippen LogP contribution is 2.61. The van der Waals surface area contributed by atoms with E-state index in [0.717, 1.165) is 32.3 Å². The Morgan fingerprint density at radius 1 is 0.786 bits per heavy atom. The molecule has 4 aromatic rings. The van der Waals surface area contributed by atoms with Crippen LogP contribution in [0.3, 0.4) is 0 Å². The van der Waals surface area contributed by atoms with Crippen LogP contribution in [-0.2, 0) is 16.1 Å². The molecule has 1 aliphatic heterocycles. The normalized spacial score (nSPS) is 21.5. The standard InChI is InChI=1S/C32H21Cl2N3O5/c33-18-14-13-17(25(15-18)37(41)42)16-35(30(38)23-11-5-6-12-24(23)34)36-31(39)28-26-19-7-1-2-8-20(19)27(29(28)32(36)40)22-10-4-3-9-21(22)26/h1-15,26-29H,16H2/t26?,27?,28-,29-/m0/s1. The highest BCUT2D eigenvalue weighted by atomic mass is 35.5. The van der Waals surface area contributed by atoms with Gasteiger partial charge in [0.15, 0.2) is 0 Å². The molecule has 1 heterocycles. The first-order valence-corrected chi connectivity index (χ1v) is 14.1. The van der Waals surface area contributed by atoms with Crippen molar-refractivity contribution in [2.24, 2.45) is 11.8 Å². The Morgan fingerprint density at radius 2 is 1.29 bits per heavy atom. The van der Waals surface area contributed by atoms with Crippen LogP contribution in [0.2, 0.25) is 10.0 Å². The molecule has 1 fully saturated rings. The molecule has 2 atom stereocenters. The predicted octanol–water partition coefficient (Wildman–Crippen LogP) is 6.35. The van der Waals surface area contributed by atoms with Crippen molar-refractivity contribution in [1.82, 2.24) is 10.0 Å². The number of imide groups is 1. The number of benzene rings is 4. The van der Waals surface area contributed by atoms with Gasteiger partial charge in [-0.15, -0.1) is 0 Å². The number of hydrogen-bond acceptors (Lipinski definition) is 5. The van der Waals surface area contributed by atoms with E-state index in [-0.39, 0.29) is 38.7 Å². The number of amides is 3. The smallest absolute Gasteiger partial charge is 0.272 e. The first-order chi connectivity index (χ1) is 20.3. The fourth-order valence-electron chi connectivity index (χ4n) is 6.91. The van der Waals surface area contributed by atoms with Crippen LogP contribution in [0.4, 0.5) is 5.69 Å². The molecule has 10 heteroatoms. The zero-order chi connectivity index (χ0) is 29.3. The average Bonchev–Trinajstić information content (AvgIpc) is 3.26. The third kappa shape index (κ3) is 3.79. The second-order valence-electron chi connectivity index (χ2n) is 10.6. The summed E-state index contributed by atoms with van der Waals surface area (Å²) in [6.45, 7) is -0.427. The summed E-state index contributed by atoms with van der Waals surface area (Å²) < 4.78 is 0. The van der Waals surface area contributed by atoms with Crippen LogP contribution >= 0.6 is 23.2 Å². The summed E-state index contributed by atoms with van der Waals surface area (Å²) in [5.74, 6) is -4.02. The van der Waals surface area contributed by atoms with Crippen molar-refractivity contribution < 1.29 is 19.3 Å². The maximum atomic E-state index is 14.4. The van der Waals surface area contributed by atoms with E-state index in [0.29, 0.717) is 0 Å². The molecule has 3 aliphatic carbocycles. The zero-order valence-electron chi connectivity index (χ0n) is 21.8. The van der Waals surface area contributed by atoms with E-state index in [1.807, 2.05) is 48.5 Å². The van der Waals surface area contributed by atoms with E-state index in [9.17, 15) is 24.5 Å². The molecule has 0 aromatic heterocycles. The summed E-state index contributed by atoms with van der Waals surface area (Å²) in [5.41, 5.74) is 3.78. The van der Waals surface area contributed by atoms with E-state index < -0.39 is 41.0 Å². The van der Waals surface area contributed by atoms with Gasteiger partial charge in [0.25, 0.3) is 23.4 Å². The molecular formula is C32H21Cl2N3O5. The highest BCUT2D eigenvalue weighted by molar-refractivity contribution is 6.34. The largest absolute Gasteiger partial charge is 0.275 e. The van der Waals surface area contributed by atoms with Crippen molar-refractivity contribution in [3.05, 3.63) is 145 Å². The number of nitrogens with zero attached hydrogens (tertiary/aromatic N) is 3. The van der Waals surface area contributed by atoms with Gasteiger partial charge in [-0.05, 0) is 46.5 Å². The molecule has 208 valence electrons. The number of hydrogen-bond donors (Lipinski definition) is 0. The SMILES string of the molecule is O=C(c1ccccc1Cl)N(Cc1ccc(Cl)cc1[N+](=O)[O-])N1C(=O)[C@H]2C3c4ccccc4C(c4ccccc43)[C@@H]2C1=O. The third-order valence-corrected chi connectivity index (χ3v) is 9.13. The summed E-state index contributed by atoms with van der Waals surface area (Å²) in [5, 5.41) is 14.1. The van der Waals surface area contributed by atoms with Gasteiger partial charge in [0, 0.05) is 22.9 Å². The maximum absolute atomic E-state index is 14.4. The topological polar surface area (TPSA) is 101 Å². The van der Waals surface area contributed by atoms with Crippen LogP contribution in [0.5, 0.6) is 0 Å². The minimum Gasteiger partial charge on any atom is -0.272 e. The average molecular weight is 598 g/mol. The Bertz CT molecular complexity index is 1730. The van der Waals surface area contributed by atoms with Gasteiger partial charge in [0.05, 0.1) is 39.5 Å². The Morgan fingerprint density at radius 3 is 1.79 bits per heavy atom. The lowest BCUT2D eigenvalue weighted by atomic mass is 9.55. The molecule has 0 radical (unpaired) electrons. The Hall–Kier alpha value is -4.53. The second kappa shape index (κ2) is 9.79. The molecule has 42 heavy (non-hydrogen) atoms. The Balaban J connectivity index is 1.38. The lowest BCUT2D eigenvalue weighted by Gasteiger charge is -2.45. The molecule has 1 saturated heterocycles. The van der Waals surface area contributed by atoms with Crippen LogP contribution in [0.15, 0.2) is 91.0 Å². The second-order valence-corrected chi connectivity index (χ2v) is 11.5. The third-order valence-electron chi connectivity index (χ3n) is 8.57. The van der Waals surface area contributed by atoms with Gasteiger partial charge >= 0.3 is 0 Å². The number of nitro groups is 1. The Kier molecular flexibility index (Phi) is 6.15. The summed E-state index contributed by atoms with van der Waals surface area (Å²) in [7, 11) is 0. The molecule has 3 amide bonds. The number of carbonyl (C=O) groups is 3. The lowest BCUT2D eigenvalue weighted by molar-refractivity contribution is -0.385. The van der Waals surface area contributed by atoms with Crippen molar-refractivity contribution in [2.75, 3.05) is 0 Å². The van der Waals surface area contributed by atoms with Gasteiger partial charge in [-0.25, -0.2) is 5.01 Å². The Labute approximate surface area is 250 Å². The van der Waals surface area contributed by atoms with Crippen molar-refractivity contribution in [3.63, 3.8) is 0 Å². The summed E-state index contributed by atoms with van der Waals surface area (Å²) in [6, 6.07) is 26.0. The minimum absolute atomic E-state index is 0.0563. The van der Waals surface area contributed by atoms with Crippen LogP contribution in [-0.4, -0.2) is 32.7 Å². The molecule has 8 rings (SSSR count). The number of carbonyl (C=O) groups excluding carboxylic acids is 3. The quantitative estimate of drug-likeness (QED) is 0.151. The lowest BCUT2D eigenvalue weighted by Crippen LogP contribution is -2.50. The summed E-state index contributed by atoms with van der Waals surface area (Å²) in [4.78, 5) is 54.2. The molecule has 0 spiro atoms. The van der Waals surface area contributed by atoms with Crippen molar-refractivity contribution in [1.29, 1.82) is 0 Å². The molecule has 8 nitrogen and oxygen atoms in total. The molecule has 4 aromatic carbocycles. The maximum Gasteiger partial charge on any atom is 0.275 e. The van der Waals surface area contributed by atoms with Gasteiger partial charge in [-0.1, -0.05) is 83.9 Å². The van der Waals surface area contributed by atoms with E-state index in [1.165, 1.54) is 30.3 Å². The van der Waals surface area contributed by atoms with Crippen LogP contribution in [0, 0.1) is 22.0 Å². The van der Waals surface area contributed by atoms with E-state index in [1.54, 1.807) is 12.1 Å². The monoisotopic (exact) mass is 597 g/mol. The van der Waals surface area contributed by atoms with Gasteiger partial charge < -0.3 is 0 Å². The first-order valence-electron chi connectivity index (χ1n) is 13.3. The van der Waals surface area contributed by atoms with Crippen LogP contribution < -0.4 is 0 Å². The summed E-state index contributed by atoms with van der Waals surface area (Å²) >= 11 is 12.4. The van der Waals surface area contributed by atoms with Gasteiger partial charge in [-0.3, -0.25) is 24.5 Å². The van der Waals surface area contributed by atoms with E-state index in [4.69, 9.17) is 23.2 Å². The predicted molar refractivity (Wildman–Crippen MR) is 155 cm³/mol. The number of rotatable bonds is 5. The molecule has 4 aliphatic rings. The number of halogens is 2. The van der Waals surface area contributed by atoms with Crippen LogP contribution in [0.25, 0.3) is 0 Å². The van der Waals surface area contributed by atoms with Crippen LogP contribution in [0.1, 0.15) is 50.0 Å². The van der Waals surface area contributed by atoms with Gasteiger partial charge in [0.1, 0.15) is 0 Å². The summed E-state index contributed by atoms with van der Waals surface area (Å²) in [6.07, 6.45) is 0. The first kappa shape index (κ1) is 26.4. The van der Waals surface area contributed by atoms with Crippen molar-refractivity contribution >= 4 is 46.6 Å². The van der Waals surface area contributed by atoms with Gasteiger partial charge in [0.2, 0.25) is 0 Å². The van der Waals surface area contributed by atoms with Crippen molar-refractivity contribution in [2.45, 2.75) is 18.4 Å². The highest BCUT2D eigenvalue weighted by Gasteiger charge is 2.63. The number of nitro benzene ring substituents is 1. The minimum atomic E-state index is -0.742. The van der Waals surface area contributed by atoms with Gasteiger partial charge in [-0.2, -0.15) is 5.01 Å². The molecule has 2 bridgehead atoms. The molecule has 0 N–H and O–H groups in total. The van der Waals surface area contributed by atoms with E-state index >= 15 is 0 Å². The fraction of sp³-hybridized carbons (Fsp3) is 0.156.